The van der Waals surface area contributed by atoms with E-state index < -0.39 is 32.5 Å². The van der Waals surface area contributed by atoms with Crippen molar-refractivity contribution in [2.24, 2.45) is 0 Å². The van der Waals surface area contributed by atoms with Gasteiger partial charge in [0.25, 0.3) is 10.0 Å². The van der Waals surface area contributed by atoms with Crippen LogP contribution in [0.4, 0.5) is 5.69 Å². The second-order valence-corrected chi connectivity index (χ2v) is 13.2. The van der Waals surface area contributed by atoms with Gasteiger partial charge in [-0.2, -0.15) is 4.31 Å². The van der Waals surface area contributed by atoms with Gasteiger partial charge in [0, 0.05) is 31.2 Å². The summed E-state index contributed by atoms with van der Waals surface area (Å²) in [5.41, 5.74) is 1.18. The number of hydrogen-bond acceptors (Lipinski definition) is 6. The molecule has 1 saturated heterocycles. The normalized spacial score (nSPS) is 14.7. The van der Waals surface area contributed by atoms with Gasteiger partial charge in [-0.3, -0.25) is 9.10 Å². The lowest BCUT2D eigenvalue weighted by Crippen LogP contribution is -2.53. The van der Waals surface area contributed by atoms with E-state index in [2.05, 4.69) is 0 Å². The van der Waals surface area contributed by atoms with Crippen molar-refractivity contribution >= 4 is 43.2 Å². The van der Waals surface area contributed by atoms with Gasteiger partial charge < -0.3 is 9.64 Å². The predicted molar refractivity (Wildman–Crippen MR) is 150 cm³/mol. The molecule has 0 spiro atoms. The maximum Gasteiger partial charge on any atom is 0.264 e. The van der Waals surface area contributed by atoms with Crippen LogP contribution in [0.15, 0.2) is 82.6 Å². The third-order valence-corrected chi connectivity index (χ3v) is 10.3. The number of sulfonamides is 2. The van der Waals surface area contributed by atoms with Crippen molar-refractivity contribution in [2.45, 2.75) is 23.6 Å². The number of benzene rings is 3. The Morgan fingerprint density at radius 1 is 0.872 bits per heavy atom. The maximum absolute atomic E-state index is 13.8. The van der Waals surface area contributed by atoms with E-state index >= 15 is 0 Å². The molecule has 0 atom stereocenters. The number of para-hydroxylation sites is 2. The summed E-state index contributed by atoms with van der Waals surface area (Å²) in [6.45, 7) is 3.94. The zero-order chi connectivity index (χ0) is 28.2. The molecule has 208 valence electrons. The van der Waals surface area contributed by atoms with E-state index in [1.165, 1.54) is 33.5 Å². The van der Waals surface area contributed by atoms with Gasteiger partial charge in [0.15, 0.2) is 0 Å². The molecule has 3 aromatic rings. The molecular weight excluding hydrogens is 562 g/mol. The Morgan fingerprint density at radius 3 is 2.08 bits per heavy atom. The van der Waals surface area contributed by atoms with Crippen LogP contribution < -0.4 is 9.04 Å². The lowest BCUT2D eigenvalue weighted by Gasteiger charge is -2.35. The van der Waals surface area contributed by atoms with Crippen molar-refractivity contribution in [3.05, 3.63) is 83.4 Å². The molecule has 0 unspecified atom stereocenters. The highest BCUT2D eigenvalue weighted by Crippen LogP contribution is 2.33. The highest BCUT2D eigenvalue weighted by molar-refractivity contribution is 7.93. The summed E-state index contributed by atoms with van der Waals surface area (Å²) < 4.78 is 61.7. The first-order valence-corrected chi connectivity index (χ1v) is 15.6. The minimum absolute atomic E-state index is 0.0278. The number of carbonyl (C=O) groups excluding carboxylic acids is 1. The molecule has 1 aliphatic rings. The number of piperazine rings is 1. The van der Waals surface area contributed by atoms with Crippen LogP contribution in [0.5, 0.6) is 5.75 Å². The SMILES string of the molecule is CCOc1ccccc1N(CC(=O)N1CCN(S(=O)(=O)c2ccc(C)cc2)CC1)S(=O)(=O)c1ccc(Cl)cc1. The first-order valence-electron chi connectivity index (χ1n) is 12.4. The van der Waals surface area contributed by atoms with Crippen molar-refractivity contribution in [1.82, 2.24) is 9.21 Å². The lowest BCUT2D eigenvalue weighted by atomic mass is 10.2. The van der Waals surface area contributed by atoms with E-state index in [-0.39, 0.29) is 41.7 Å². The second-order valence-electron chi connectivity index (χ2n) is 8.96. The Kier molecular flexibility index (Phi) is 8.85. The fourth-order valence-corrected chi connectivity index (χ4v) is 7.21. The average molecular weight is 592 g/mol. The molecule has 1 fully saturated rings. The molecule has 1 heterocycles. The lowest BCUT2D eigenvalue weighted by molar-refractivity contribution is -0.130. The van der Waals surface area contributed by atoms with Crippen molar-refractivity contribution in [3.63, 3.8) is 0 Å². The van der Waals surface area contributed by atoms with Crippen LogP contribution in [0.25, 0.3) is 0 Å². The Labute approximate surface area is 234 Å². The highest BCUT2D eigenvalue weighted by Gasteiger charge is 2.34. The van der Waals surface area contributed by atoms with Crippen LogP contribution in [0.1, 0.15) is 12.5 Å². The zero-order valence-electron chi connectivity index (χ0n) is 21.7. The van der Waals surface area contributed by atoms with Crippen LogP contribution >= 0.6 is 11.6 Å². The van der Waals surface area contributed by atoms with E-state index in [4.69, 9.17) is 16.3 Å². The van der Waals surface area contributed by atoms with E-state index in [1.54, 1.807) is 55.5 Å². The summed E-state index contributed by atoms with van der Waals surface area (Å²) in [5.74, 6) is -0.134. The van der Waals surface area contributed by atoms with E-state index in [1.807, 2.05) is 6.92 Å². The minimum Gasteiger partial charge on any atom is -0.492 e. The molecule has 3 aromatic carbocycles. The van der Waals surface area contributed by atoms with Gasteiger partial charge in [0.1, 0.15) is 12.3 Å². The Balaban J connectivity index is 1.56. The molecule has 4 rings (SSSR count). The summed E-state index contributed by atoms with van der Waals surface area (Å²) in [6, 6.07) is 18.9. The van der Waals surface area contributed by atoms with Crippen LogP contribution in [0.2, 0.25) is 5.02 Å². The van der Waals surface area contributed by atoms with E-state index in [0.717, 1.165) is 9.87 Å². The molecule has 0 aromatic heterocycles. The van der Waals surface area contributed by atoms with Crippen LogP contribution in [-0.2, 0) is 24.8 Å². The third kappa shape index (κ3) is 6.38. The maximum atomic E-state index is 13.8. The first-order chi connectivity index (χ1) is 18.5. The fourth-order valence-electron chi connectivity index (χ4n) is 4.23. The molecular formula is C27H30ClN3O6S2. The summed E-state index contributed by atoms with van der Waals surface area (Å²) in [6.07, 6.45) is 0. The molecule has 0 saturated carbocycles. The Bertz CT molecular complexity index is 1520. The molecule has 9 nitrogen and oxygen atoms in total. The van der Waals surface area contributed by atoms with Crippen LogP contribution in [-0.4, -0.2) is 71.3 Å². The number of ether oxygens (including phenoxy) is 1. The van der Waals surface area contributed by atoms with Gasteiger partial charge in [-0.15, -0.1) is 0 Å². The number of carbonyl (C=O) groups is 1. The quantitative estimate of drug-likeness (QED) is 0.375. The highest BCUT2D eigenvalue weighted by atomic mass is 35.5. The summed E-state index contributed by atoms with van der Waals surface area (Å²) in [5, 5.41) is 0.379. The molecule has 12 heteroatoms. The van der Waals surface area contributed by atoms with Crippen molar-refractivity contribution in [1.29, 1.82) is 0 Å². The number of hydrogen-bond donors (Lipinski definition) is 0. The average Bonchev–Trinajstić information content (AvgIpc) is 2.93. The van der Waals surface area contributed by atoms with E-state index in [9.17, 15) is 21.6 Å². The second kappa shape index (κ2) is 12.0. The molecule has 0 N–H and O–H groups in total. The Morgan fingerprint density at radius 2 is 1.46 bits per heavy atom. The zero-order valence-corrected chi connectivity index (χ0v) is 24.0. The number of nitrogens with zero attached hydrogens (tertiary/aromatic N) is 3. The van der Waals surface area contributed by atoms with Crippen molar-refractivity contribution in [2.75, 3.05) is 43.6 Å². The van der Waals surface area contributed by atoms with E-state index in [0.29, 0.717) is 17.4 Å². The summed E-state index contributed by atoms with van der Waals surface area (Å²) in [7, 11) is -7.89. The first kappa shape index (κ1) is 28.9. The summed E-state index contributed by atoms with van der Waals surface area (Å²) in [4.78, 5) is 15.1. The van der Waals surface area contributed by atoms with Gasteiger partial charge in [-0.05, 0) is 62.4 Å². The van der Waals surface area contributed by atoms with Gasteiger partial charge in [-0.1, -0.05) is 41.4 Å². The monoisotopic (exact) mass is 591 g/mol. The topological polar surface area (TPSA) is 104 Å². The molecule has 1 amide bonds. The minimum atomic E-state index is -4.18. The Hall–Kier alpha value is -3.12. The smallest absolute Gasteiger partial charge is 0.264 e. The van der Waals surface area contributed by atoms with Gasteiger partial charge in [-0.25, -0.2) is 16.8 Å². The molecule has 39 heavy (non-hydrogen) atoms. The van der Waals surface area contributed by atoms with Gasteiger partial charge in [0.2, 0.25) is 15.9 Å². The summed E-state index contributed by atoms with van der Waals surface area (Å²) >= 11 is 5.96. The third-order valence-electron chi connectivity index (χ3n) is 6.36. The van der Waals surface area contributed by atoms with Gasteiger partial charge >= 0.3 is 0 Å². The van der Waals surface area contributed by atoms with Crippen molar-refractivity contribution in [3.8, 4) is 5.75 Å². The number of anilines is 1. The fraction of sp³-hybridized carbons (Fsp3) is 0.296. The molecule has 0 bridgehead atoms. The number of rotatable bonds is 9. The molecule has 0 aliphatic carbocycles. The van der Waals surface area contributed by atoms with Crippen LogP contribution in [0, 0.1) is 6.92 Å². The predicted octanol–water partition coefficient (Wildman–Crippen LogP) is 3.78. The van der Waals surface area contributed by atoms with Crippen LogP contribution in [0.3, 0.4) is 0 Å². The molecule has 1 aliphatic heterocycles. The van der Waals surface area contributed by atoms with Crippen molar-refractivity contribution < 1.29 is 26.4 Å². The largest absolute Gasteiger partial charge is 0.492 e. The molecule has 0 radical (unpaired) electrons. The number of aryl methyl sites for hydroxylation is 1. The standard InChI is InChI=1S/C27H30ClN3O6S2/c1-3-37-26-7-5-4-6-25(26)31(39(35,36)24-14-10-22(28)11-15-24)20-27(32)29-16-18-30(19-17-29)38(33,34)23-12-8-21(2)9-13-23/h4-15H,3,16-20H2,1-2H3. The number of halogens is 1. The number of amides is 1. The van der Waals surface area contributed by atoms with Gasteiger partial charge in [0.05, 0.1) is 22.1 Å².